The highest BCUT2D eigenvalue weighted by Crippen LogP contribution is 2.20. The monoisotopic (exact) mass is 385 g/mol. The summed E-state index contributed by atoms with van der Waals surface area (Å²) in [5.41, 5.74) is 2.37. The van der Waals surface area contributed by atoms with Gasteiger partial charge in [-0.3, -0.25) is 15.2 Å². The number of benzene rings is 2. The number of nitrogens with one attached hydrogen (secondary N) is 2. The first-order valence-corrected chi connectivity index (χ1v) is 9.69. The summed E-state index contributed by atoms with van der Waals surface area (Å²) in [4.78, 5) is 16.6. The van der Waals surface area contributed by atoms with E-state index >= 15 is 0 Å². The molecule has 0 bridgehead atoms. The SMILES string of the molecule is Cc1cc(C(=O)Nc2n[nH]c(Cc3ccccc3)n2)cc(S(N)(=O)=O)c1C. The lowest BCUT2D eigenvalue weighted by atomic mass is 10.1. The van der Waals surface area contributed by atoms with Crippen LogP contribution in [-0.4, -0.2) is 29.5 Å². The number of nitrogens with zero attached hydrogens (tertiary/aromatic N) is 2. The van der Waals surface area contributed by atoms with E-state index in [1.54, 1.807) is 19.9 Å². The van der Waals surface area contributed by atoms with Crippen LogP contribution in [-0.2, 0) is 16.4 Å². The van der Waals surface area contributed by atoms with Gasteiger partial charge in [-0.2, -0.15) is 4.98 Å². The third kappa shape index (κ3) is 4.39. The van der Waals surface area contributed by atoms with E-state index in [-0.39, 0.29) is 16.4 Å². The number of sulfonamides is 1. The van der Waals surface area contributed by atoms with Crippen molar-refractivity contribution in [3.8, 4) is 0 Å². The Morgan fingerprint density at radius 2 is 1.89 bits per heavy atom. The zero-order valence-corrected chi connectivity index (χ0v) is 15.7. The second-order valence-corrected chi connectivity index (χ2v) is 7.71. The van der Waals surface area contributed by atoms with Crippen LogP contribution in [0.2, 0.25) is 0 Å². The van der Waals surface area contributed by atoms with Crippen molar-refractivity contribution in [2.75, 3.05) is 5.32 Å². The van der Waals surface area contributed by atoms with Gasteiger partial charge in [0.2, 0.25) is 16.0 Å². The smallest absolute Gasteiger partial charge is 0.258 e. The zero-order chi connectivity index (χ0) is 19.6. The molecule has 27 heavy (non-hydrogen) atoms. The van der Waals surface area contributed by atoms with Crippen LogP contribution in [0.4, 0.5) is 5.95 Å². The maximum absolute atomic E-state index is 12.5. The molecular weight excluding hydrogens is 366 g/mol. The van der Waals surface area contributed by atoms with Gasteiger partial charge >= 0.3 is 0 Å². The van der Waals surface area contributed by atoms with Gasteiger partial charge in [-0.1, -0.05) is 30.3 Å². The quantitative estimate of drug-likeness (QED) is 0.617. The Morgan fingerprint density at radius 1 is 1.19 bits per heavy atom. The van der Waals surface area contributed by atoms with Crippen molar-refractivity contribution in [2.45, 2.75) is 25.2 Å². The van der Waals surface area contributed by atoms with Crippen LogP contribution >= 0.6 is 0 Å². The normalized spacial score (nSPS) is 11.4. The van der Waals surface area contributed by atoms with Gasteiger partial charge in [0.15, 0.2) is 0 Å². The minimum atomic E-state index is -3.93. The van der Waals surface area contributed by atoms with E-state index < -0.39 is 15.9 Å². The number of aromatic nitrogens is 3. The predicted octanol–water partition coefficient (Wildman–Crippen LogP) is 1.91. The number of primary sulfonamides is 1. The first-order valence-electron chi connectivity index (χ1n) is 8.14. The number of rotatable bonds is 5. The highest BCUT2D eigenvalue weighted by Gasteiger charge is 2.18. The van der Waals surface area contributed by atoms with E-state index in [0.29, 0.717) is 23.4 Å². The summed E-state index contributed by atoms with van der Waals surface area (Å²) in [6.07, 6.45) is 0.545. The van der Waals surface area contributed by atoms with E-state index in [1.807, 2.05) is 30.3 Å². The molecule has 3 aromatic rings. The van der Waals surface area contributed by atoms with Gasteiger partial charge in [-0.15, -0.1) is 5.10 Å². The van der Waals surface area contributed by atoms with Crippen LogP contribution in [0, 0.1) is 13.8 Å². The molecule has 0 aliphatic carbocycles. The molecular formula is C18H19N5O3S. The molecule has 0 aliphatic heterocycles. The van der Waals surface area contributed by atoms with E-state index in [9.17, 15) is 13.2 Å². The zero-order valence-electron chi connectivity index (χ0n) is 14.9. The largest absolute Gasteiger partial charge is 0.289 e. The van der Waals surface area contributed by atoms with Crippen LogP contribution in [0.3, 0.4) is 0 Å². The molecule has 0 radical (unpaired) electrons. The van der Waals surface area contributed by atoms with Crippen molar-refractivity contribution in [3.63, 3.8) is 0 Å². The highest BCUT2D eigenvalue weighted by molar-refractivity contribution is 7.89. The fourth-order valence-electron chi connectivity index (χ4n) is 2.65. The molecule has 140 valence electrons. The third-order valence-corrected chi connectivity index (χ3v) is 5.20. The van der Waals surface area contributed by atoms with E-state index in [0.717, 1.165) is 5.56 Å². The van der Waals surface area contributed by atoms with Gasteiger partial charge in [0.05, 0.1) is 4.90 Å². The van der Waals surface area contributed by atoms with Crippen molar-refractivity contribution in [1.29, 1.82) is 0 Å². The molecule has 0 saturated carbocycles. The summed E-state index contributed by atoms with van der Waals surface area (Å²) in [5.74, 6) is 0.191. The van der Waals surface area contributed by atoms with Crippen molar-refractivity contribution < 1.29 is 13.2 Å². The van der Waals surface area contributed by atoms with Crippen molar-refractivity contribution in [2.24, 2.45) is 5.14 Å². The molecule has 2 aromatic carbocycles. The van der Waals surface area contributed by atoms with E-state index in [4.69, 9.17) is 5.14 Å². The number of aryl methyl sites for hydroxylation is 1. The summed E-state index contributed by atoms with van der Waals surface area (Å²) >= 11 is 0. The van der Waals surface area contributed by atoms with Gasteiger partial charge in [0.1, 0.15) is 5.82 Å². The van der Waals surface area contributed by atoms with Crippen LogP contribution in [0.25, 0.3) is 0 Å². The Kier molecular flexibility index (Phi) is 5.06. The van der Waals surface area contributed by atoms with Gasteiger partial charge < -0.3 is 0 Å². The van der Waals surface area contributed by atoms with Crippen LogP contribution in [0.15, 0.2) is 47.4 Å². The Labute approximate surface area is 156 Å². The number of carbonyl (C=O) groups excluding carboxylic acids is 1. The fourth-order valence-corrected chi connectivity index (χ4v) is 3.53. The standard InChI is InChI=1S/C18H19N5O3S/c1-11-8-14(10-15(12(11)2)27(19,25)26)17(24)21-18-20-16(22-23-18)9-13-6-4-3-5-7-13/h3-8,10H,9H2,1-2H3,(H2,19,25,26)(H2,20,21,22,23,24). The van der Waals surface area contributed by atoms with Gasteiger partial charge in [-0.05, 0) is 42.7 Å². The summed E-state index contributed by atoms with van der Waals surface area (Å²) in [7, 11) is -3.93. The first kappa shape index (κ1) is 18.7. The van der Waals surface area contributed by atoms with Gasteiger partial charge in [0.25, 0.3) is 5.91 Å². The van der Waals surface area contributed by atoms with Gasteiger partial charge in [0, 0.05) is 12.0 Å². The summed E-state index contributed by atoms with van der Waals surface area (Å²) in [6, 6.07) is 12.6. The topological polar surface area (TPSA) is 131 Å². The molecule has 0 aliphatic rings. The molecule has 0 unspecified atom stereocenters. The molecule has 0 fully saturated rings. The Bertz CT molecular complexity index is 1090. The number of hydrogen-bond acceptors (Lipinski definition) is 5. The number of carbonyl (C=O) groups is 1. The van der Waals surface area contributed by atoms with Crippen LogP contribution in [0.5, 0.6) is 0 Å². The second kappa shape index (κ2) is 7.29. The number of amides is 1. The van der Waals surface area contributed by atoms with Gasteiger partial charge in [-0.25, -0.2) is 13.6 Å². The minimum absolute atomic E-state index is 0.0765. The number of H-pyrrole nitrogens is 1. The minimum Gasteiger partial charge on any atom is -0.289 e. The Balaban J connectivity index is 1.79. The second-order valence-electron chi connectivity index (χ2n) is 6.18. The lowest BCUT2D eigenvalue weighted by Crippen LogP contribution is -2.18. The molecule has 1 aromatic heterocycles. The Hall–Kier alpha value is -3.04. The van der Waals surface area contributed by atoms with Crippen molar-refractivity contribution in [1.82, 2.24) is 15.2 Å². The first-order chi connectivity index (χ1) is 12.7. The lowest BCUT2D eigenvalue weighted by Gasteiger charge is -2.10. The average molecular weight is 385 g/mol. The van der Waals surface area contributed by atoms with E-state index in [2.05, 4.69) is 20.5 Å². The summed E-state index contributed by atoms with van der Waals surface area (Å²) in [5, 5.41) is 14.6. The number of aromatic amines is 1. The highest BCUT2D eigenvalue weighted by atomic mass is 32.2. The molecule has 0 atom stereocenters. The number of hydrogen-bond donors (Lipinski definition) is 3. The van der Waals surface area contributed by atoms with Crippen molar-refractivity contribution >= 4 is 21.9 Å². The fraction of sp³-hybridized carbons (Fsp3) is 0.167. The molecule has 1 amide bonds. The predicted molar refractivity (Wildman–Crippen MR) is 101 cm³/mol. The molecule has 8 nitrogen and oxygen atoms in total. The lowest BCUT2D eigenvalue weighted by molar-refractivity contribution is 0.102. The molecule has 0 spiro atoms. The third-order valence-electron chi connectivity index (χ3n) is 4.16. The Morgan fingerprint density at radius 3 is 2.56 bits per heavy atom. The molecule has 9 heteroatoms. The maximum Gasteiger partial charge on any atom is 0.258 e. The average Bonchev–Trinajstić information content (AvgIpc) is 3.03. The number of nitrogens with two attached hydrogens (primary N) is 1. The van der Waals surface area contributed by atoms with Crippen LogP contribution in [0.1, 0.15) is 32.9 Å². The maximum atomic E-state index is 12.5. The molecule has 3 rings (SSSR count). The summed E-state index contributed by atoms with van der Waals surface area (Å²) < 4.78 is 23.5. The molecule has 1 heterocycles. The number of anilines is 1. The van der Waals surface area contributed by atoms with Crippen molar-refractivity contribution in [3.05, 3.63) is 70.5 Å². The molecule has 0 saturated heterocycles. The van der Waals surface area contributed by atoms with Crippen LogP contribution < -0.4 is 10.5 Å². The summed E-state index contributed by atoms with van der Waals surface area (Å²) in [6.45, 7) is 3.35. The molecule has 4 N–H and O–H groups in total. The van der Waals surface area contributed by atoms with E-state index in [1.165, 1.54) is 6.07 Å².